The maximum absolute atomic E-state index is 11.3. The number of para-hydroxylation sites is 1. The van der Waals surface area contributed by atoms with E-state index in [1.165, 1.54) is 0 Å². The number of carbonyl (C=O) groups is 1. The molecule has 1 saturated heterocycles. The number of furan rings is 1. The lowest BCUT2D eigenvalue weighted by atomic mass is 9.90. The number of likely N-dealkylation sites (tertiary alicyclic amines) is 1. The van der Waals surface area contributed by atoms with E-state index in [1.807, 2.05) is 37.3 Å². The number of rotatable bonds is 3. The Bertz CT molecular complexity index is 586. The predicted molar refractivity (Wildman–Crippen MR) is 76.4 cm³/mol. The van der Waals surface area contributed by atoms with E-state index in [0.29, 0.717) is 6.54 Å². The Kier molecular flexibility index (Phi) is 3.49. The summed E-state index contributed by atoms with van der Waals surface area (Å²) in [5.74, 6) is -0.0518. The molecule has 3 rings (SSSR count). The lowest BCUT2D eigenvalue weighted by Gasteiger charge is -2.36. The summed E-state index contributed by atoms with van der Waals surface area (Å²) >= 11 is 0. The Hall–Kier alpha value is -1.81. The van der Waals surface area contributed by atoms with E-state index in [1.54, 1.807) is 0 Å². The summed E-state index contributed by atoms with van der Waals surface area (Å²) in [6.45, 7) is 3.61. The van der Waals surface area contributed by atoms with Gasteiger partial charge in [0.15, 0.2) is 0 Å². The fraction of sp³-hybridized carbons (Fsp3) is 0.438. The third-order valence-electron chi connectivity index (χ3n) is 4.27. The van der Waals surface area contributed by atoms with Crippen molar-refractivity contribution in [3.05, 3.63) is 36.1 Å². The highest BCUT2D eigenvalue weighted by Gasteiger charge is 2.33. The number of benzene rings is 1. The van der Waals surface area contributed by atoms with Crippen LogP contribution in [-0.2, 0) is 11.3 Å². The molecule has 20 heavy (non-hydrogen) atoms. The number of hydrogen-bond acceptors (Lipinski definition) is 3. The molecular weight excluding hydrogens is 254 g/mol. The van der Waals surface area contributed by atoms with Crippen LogP contribution in [0, 0.1) is 5.92 Å². The molecule has 106 valence electrons. The minimum Gasteiger partial charge on any atom is -0.481 e. The molecule has 2 atom stereocenters. The van der Waals surface area contributed by atoms with Crippen LogP contribution >= 0.6 is 0 Å². The lowest BCUT2D eigenvalue weighted by molar-refractivity contribution is -0.145. The number of aliphatic carboxylic acids is 1. The maximum Gasteiger partial charge on any atom is 0.308 e. The Morgan fingerprint density at radius 2 is 2.25 bits per heavy atom. The Morgan fingerprint density at radius 3 is 3.00 bits per heavy atom. The smallest absolute Gasteiger partial charge is 0.308 e. The zero-order chi connectivity index (χ0) is 14.1. The zero-order valence-electron chi connectivity index (χ0n) is 11.6. The van der Waals surface area contributed by atoms with Crippen LogP contribution < -0.4 is 0 Å². The molecule has 0 saturated carbocycles. The molecule has 0 unspecified atom stereocenters. The van der Waals surface area contributed by atoms with Crippen molar-refractivity contribution in [2.45, 2.75) is 32.4 Å². The number of fused-ring (bicyclic) bond motifs is 1. The van der Waals surface area contributed by atoms with Crippen LogP contribution in [0.4, 0.5) is 0 Å². The third-order valence-corrected chi connectivity index (χ3v) is 4.27. The average molecular weight is 273 g/mol. The molecule has 2 aromatic rings. The Morgan fingerprint density at radius 1 is 1.45 bits per heavy atom. The number of carboxylic acid groups (broad SMARTS) is 1. The van der Waals surface area contributed by atoms with Gasteiger partial charge < -0.3 is 9.52 Å². The molecule has 4 heteroatoms. The first kappa shape index (κ1) is 13.2. The van der Waals surface area contributed by atoms with Crippen molar-refractivity contribution in [1.82, 2.24) is 4.90 Å². The number of carboxylic acids is 1. The summed E-state index contributed by atoms with van der Waals surface area (Å²) in [5, 5.41) is 10.4. The molecule has 1 aliphatic rings. The summed E-state index contributed by atoms with van der Waals surface area (Å²) < 4.78 is 5.83. The van der Waals surface area contributed by atoms with Crippen LogP contribution in [0.2, 0.25) is 0 Å². The van der Waals surface area contributed by atoms with E-state index in [-0.39, 0.29) is 12.0 Å². The zero-order valence-corrected chi connectivity index (χ0v) is 11.6. The molecule has 1 aliphatic heterocycles. The molecular formula is C16H19NO3. The highest BCUT2D eigenvalue weighted by Crippen LogP contribution is 2.27. The van der Waals surface area contributed by atoms with Gasteiger partial charge in [0.05, 0.1) is 12.5 Å². The predicted octanol–water partition coefficient (Wildman–Crippen LogP) is 3.12. The summed E-state index contributed by atoms with van der Waals surface area (Å²) in [4.78, 5) is 13.5. The second kappa shape index (κ2) is 5.29. The molecule has 0 spiro atoms. The van der Waals surface area contributed by atoms with Gasteiger partial charge in [-0.25, -0.2) is 0 Å². The highest BCUT2D eigenvalue weighted by atomic mass is 16.4. The quantitative estimate of drug-likeness (QED) is 0.933. The monoisotopic (exact) mass is 273 g/mol. The van der Waals surface area contributed by atoms with E-state index in [4.69, 9.17) is 4.42 Å². The Labute approximate surface area is 118 Å². The van der Waals surface area contributed by atoms with Crippen molar-refractivity contribution >= 4 is 16.9 Å². The molecule has 0 bridgehead atoms. The molecule has 1 aromatic heterocycles. The molecule has 1 fully saturated rings. The van der Waals surface area contributed by atoms with Crippen molar-refractivity contribution in [3.63, 3.8) is 0 Å². The van der Waals surface area contributed by atoms with Crippen LogP contribution in [0.15, 0.2) is 34.7 Å². The minimum absolute atomic E-state index is 0.0504. The topological polar surface area (TPSA) is 53.7 Å². The highest BCUT2D eigenvalue weighted by molar-refractivity contribution is 5.77. The van der Waals surface area contributed by atoms with Crippen molar-refractivity contribution in [1.29, 1.82) is 0 Å². The SMILES string of the molecule is C[C@@H]1[C@H](C(=O)O)CCCN1Cc1cc2ccccc2o1. The molecule has 0 aliphatic carbocycles. The van der Waals surface area contributed by atoms with Crippen molar-refractivity contribution in [2.24, 2.45) is 5.92 Å². The number of hydrogen-bond donors (Lipinski definition) is 1. The fourth-order valence-electron chi connectivity index (χ4n) is 3.08. The van der Waals surface area contributed by atoms with Gasteiger partial charge in [-0.2, -0.15) is 0 Å². The van der Waals surface area contributed by atoms with Crippen LogP contribution in [0.25, 0.3) is 11.0 Å². The summed E-state index contributed by atoms with van der Waals surface area (Å²) in [6, 6.07) is 10.0. The van der Waals surface area contributed by atoms with Gasteiger partial charge in [-0.15, -0.1) is 0 Å². The minimum atomic E-state index is -0.688. The largest absolute Gasteiger partial charge is 0.481 e. The van der Waals surface area contributed by atoms with Gasteiger partial charge in [-0.05, 0) is 38.4 Å². The normalized spacial score (nSPS) is 24.1. The van der Waals surface area contributed by atoms with E-state index in [0.717, 1.165) is 36.1 Å². The standard InChI is InChI=1S/C16H19NO3/c1-11-14(16(18)19)6-4-8-17(11)10-13-9-12-5-2-3-7-15(12)20-13/h2-3,5,7,9,11,14H,4,6,8,10H2,1H3,(H,18,19)/t11-,14-/m1/s1. The van der Waals surface area contributed by atoms with Gasteiger partial charge in [-0.1, -0.05) is 18.2 Å². The third kappa shape index (κ3) is 2.43. The van der Waals surface area contributed by atoms with Crippen LogP contribution in [0.5, 0.6) is 0 Å². The van der Waals surface area contributed by atoms with Gasteiger partial charge in [0, 0.05) is 11.4 Å². The summed E-state index contributed by atoms with van der Waals surface area (Å²) in [6.07, 6.45) is 1.70. The average Bonchev–Trinajstić information content (AvgIpc) is 2.83. The molecule has 0 amide bonds. The molecule has 0 radical (unpaired) electrons. The van der Waals surface area contributed by atoms with E-state index >= 15 is 0 Å². The van der Waals surface area contributed by atoms with Gasteiger partial charge in [-0.3, -0.25) is 9.69 Å². The van der Waals surface area contributed by atoms with Crippen molar-refractivity contribution in [3.8, 4) is 0 Å². The molecule has 1 aromatic carbocycles. The van der Waals surface area contributed by atoms with Gasteiger partial charge in [0.2, 0.25) is 0 Å². The first-order valence-electron chi connectivity index (χ1n) is 7.09. The molecule has 4 nitrogen and oxygen atoms in total. The lowest BCUT2D eigenvalue weighted by Crippen LogP contribution is -2.45. The first-order chi connectivity index (χ1) is 9.65. The summed E-state index contributed by atoms with van der Waals surface area (Å²) in [5.41, 5.74) is 0.891. The second-order valence-corrected chi connectivity index (χ2v) is 5.55. The number of nitrogens with zero attached hydrogens (tertiary/aromatic N) is 1. The van der Waals surface area contributed by atoms with Crippen LogP contribution in [0.1, 0.15) is 25.5 Å². The molecule has 1 N–H and O–H groups in total. The van der Waals surface area contributed by atoms with Gasteiger partial charge in [0.1, 0.15) is 11.3 Å². The summed E-state index contributed by atoms with van der Waals surface area (Å²) in [7, 11) is 0. The number of piperidine rings is 1. The van der Waals surface area contributed by atoms with E-state index < -0.39 is 5.97 Å². The fourth-order valence-corrected chi connectivity index (χ4v) is 3.08. The van der Waals surface area contributed by atoms with Crippen LogP contribution in [0.3, 0.4) is 0 Å². The van der Waals surface area contributed by atoms with Gasteiger partial charge in [0.25, 0.3) is 0 Å². The van der Waals surface area contributed by atoms with Gasteiger partial charge >= 0.3 is 5.97 Å². The first-order valence-corrected chi connectivity index (χ1v) is 7.09. The molecule has 2 heterocycles. The van der Waals surface area contributed by atoms with Crippen LogP contribution in [-0.4, -0.2) is 28.6 Å². The van der Waals surface area contributed by atoms with Crippen molar-refractivity contribution in [2.75, 3.05) is 6.54 Å². The maximum atomic E-state index is 11.3. The van der Waals surface area contributed by atoms with Crippen molar-refractivity contribution < 1.29 is 14.3 Å². The Balaban J connectivity index is 1.77. The van der Waals surface area contributed by atoms with E-state index in [9.17, 15) is 9.90 Å². The van der Waals surface area contributed by atoms with E-state index in [2.05, 4.69) is 4.90 Å². The second-order valence-electron chi connectivity index (χ2n) is 5.55.